The van der Waals surface area contributed by atoms with E-state index in [4.69, 9.17) is 4.84 Å². The lowest BCUT2D eigenvalue weighted by Gasteiger charge is -2.22. The first-order valence-corrected chi connectivity index (χ1v) is 6.77. The molecule has 5 nitrogen and oxygen atoms in total. The number of nitrogens with zero attached hydrogens (tertiary/aromatic N) is 3. The quantitative estimate of drug-likeness (QED) is 0.745. The third kappa shape index (κ3) is 3.44. The molecule has 2 heterocycles. The Morgan fingerprint density at radius 2 is 2.45 bits per heavy atom. The lowest BCUT2D eigenvalue weighted by molar-refractivity contribution is -0.132. The van der Waals surface area contributed by atoms with Crippen molar-refractivity contribution in [3.05, 3.63) is 42.7 Å². The molecule has 1 aliphatic rings. The minimum Gasteiger partial charge on any atom is -0.390 e. The third-order valence-electron chi connectivity index (χ3n) is 3.12. The third-order valence-corrected chi connectivity index (χ3v) is 3.12. The Balaban J connectivity index is 1.94. The summed E-state index contributed by atoms with van der Waals surface area (Å²) in [7, 11) is 0. The normalized spacial score (nSPS) is 17.2. The summed E-state index contributed by atoms with van der Waals surface area (Å²) in [5.41, 5.74) is 1.66. The van der Waals surface area contributed by atoms with Gasteiger partial charge in [-0.2, -0.15) is 0 Å². The van der Waals surface area contributed by atoms with E-state index in [-0.39, 0.29) is 12.0 Å². The monoisotopic (exact) mass is 273 g/mol. The van der Waals surface area contributed by atoms with E-state index in [0.717, 1.165) is 11.4 Å². The van der Waals surface area contributed by atoms with Crippen molar-refractivity contribution in [3.8, 4) is 0 Å². The molecule has 0 saturated heterocycles. The van der Waals surface area contributed by atoms with Gasteiger partial charge in [0, 0.05) is 25.6 Å². The van der Waals surface area contributed by atoms with Crippen LogP contribution in [0.5, 0.6) is 0 Å². The van der Waals surface area contributed by atoms with Crippen molar-refractivity contribution in [2.45, 2.75) is 25.9 Å². The molecule has 1 atom stereocenters. The zero-order valence-corrected chi connectivity index (χ0v) is 11.7. The topological polar surface area (TPSA) is 54.8 Å². The van der Waals surface area contributed by atoms with Crippen LogP contribution < -0.4 is 0 Å². The Bertz CT molecular complexity index is 499. The van der Waals surface area contributed by atoms with Crippen LogP contribution in [0.25, 0.3) is 0 Å². The predicted molar refractivity (Wildman–Crippen MR) is 77.3 cm³/mol. The van der Waals surface area contributed by atoms with E-state index in [1.54, 1.807) is 17.2 Å². The van der Waals surface area contributed by atoms with E-state index in [9.17, 15) is 4.79 Å². The lowest BCUT2D eigenvalue weighted by atomic mass is 10.1. The molecular formula is C15H19N3O2. The number of carbonyl (C=O) groups excluding carboxylic acids is 1. The molecule has 0 aliphatic carbocycles. The summed E-state index contributed by atoms with van der Waals surface area (Å²) in [6, 6.07) is 5.69. The molecule has 0 N–H and O–H groups in total. The SMILES string of the molecule is C=CCN(C[C@@H]1CC(c2ccccn2)=NO1)C(=O)CC. The Morgan fingerprint density at radius 3 is 3.10 bits per heavy atom. The Labute approximate surface area is 118 Å². The largest absolute Gasteiger partial charge is 0.390 e. The average Bonchev–Trinajstić information content (AvgIpc) is 2.95. The van der Waals surface area contributed by atoms with E-state index in [2.05, 4.69) is 16.7 Å². The molecule has 1 aromatic heterocycles. The first kappa shape index (κ1) is 14.2. The Hall–Kier alpha value is -2.17. The fourth-order valence-electron chi connectivity index (χ4n) is 2.11. The van der Waals surface area contributed by atoms with Crippen LogP contribution in [0.3, 0.4) is 0 Å². The number of oxime groups is 1. The molecule has 0 bridgehead atoms. The van der Waals surface area contributed by atoms with Gasteiger partial charge in [0.1, 0.15) is 5.71 Å². The summed E-state index contributed by atoms with van der Waals surface area (Å²) in [5.74, 6) is 0.0970. The van der Waals surface area contributed by atoms with Gasteiger partial charge >= 0.3 is 0 Å². The zero-order chi connectivity index (χ0) is 14.4. The number of aromatic nitrogens is 1. The van der Waals surface area contributed by atoms with Crippen molar-refractivity contribution in [2.24, 2.45) is 5.16 Å². The van der Waals surface area contributed by atoms with Crippen molar-refractivity contribution in [1.29, 1.82) is 0 Å². The number of pyridine rings is 1. The molecule has 5 heteroatoms. The average molecular weight is 273 g/mol. The highest BCUT2D eigenvalue weighted by Gasteiger charge is 2.26. The van der Waals surface area contributed by atoms with Gasteiger partial charge in [0.15, 0.2) is 6.10 Å². The number of hydrogen-bond acceptors (Lipinski definition) is 4. The fourth-order valence-corrected chi connectivity index (χ4v) is 2.11. The number of rotatable bonds is 6. The molecule has 20 heavy (non-hydrogen) atoms. The first-order chi connectivity index (χ1) is 9.74. The van der Waals surface area contributed by atoms with Crippen LogP contribution in [0, 0.1) is 0 Å². The molecule has 2 rings (SSSR count). The molecule has 0 saturated carbocycles. The first-order valence-electron chi connectivity index (χ1n) is 6.77. The standard InChI is InChI=1S/C15H19N3O2/c1-3-9-18(15(19)4-2)11-12-10-14(17-20-12)13-7-5-6-8-16-13/h3,5-8,12H,1,4,9-11H2,2H3/t12-/m0/s1. The second kappa shape index (κ2) is 6.84. The summed E-state index contributed by atoms with van der Waals surface area (Å²) >= 11 is 0. The van der Waals surface area contributed by atoms with Crippen LogP contribution in [0.4, 0.5) is 0 Å². The van der Waals surface area contributed by atoms with Gasteiger partial charge in [0.25, 0.3) is 0 Å². The van der Waals surface area contributed by atoms with Gasteiger partial charge in [0.05, 0.1) is 12.2 Å². The Kier molecular flexibility index (Phi) is 4.87. The summed E-state index contributed by atoms with van der Waals surface area (Å²) in [4.78, 5) is 23.2. The van der Waals surface area contributed by atoms with Crippen molar-refractivity contribution < 1.29 is 9.63 Å². The van der Waals surface area contributed by atoms with Crippen LogP contribution in [-0.4, -0.2) is 40.7 Å². The van der Waals surface area contributed by atoms with Crippen molar-refractivity contribution in [3.63, 3.8) is 0 Å². The van der Waals surface area contributed by atoms with Crippen molar-refractivity contribution >= 4 is 11.6 Å². The smallest absolute Gasteiger partial charge is 0.222 e. The molecule has 0 unspecified atom stereocenters. The molecule has 0 radical (unpaired) electrons. The van der Waals surface area contributed by atoms with Crippen LogP contribution in [-0.2, 0) is 9.63 Å². The van der Waals surface area contributed by atoms with E-state index < -0.39 is 0 Å². The van der Waals surface area contributed by atoms with E-state index in [1.807, 2.05) is 25.1 Å². The molecular weight excluding hydrogens is 254 g/mol. The van der Waals surface area contributed by atoms with Gasteiger partial charge in [-0.1, -0.05) is 24.2 Å². The number of hydrogen-bond donors (Lipinski definition) is 0. The molecule has 0 aromatic carbocycles. The lowest BCUT2D eigenvalue weighted by Crippen LogP contribution is -2.37. The number of amides is 1. The zero-order valence-electron chi connectivity index (χ0n) is 11.7. The summed E-state index contributed by atoms with van der Waals surface area (Å²) in [5, 5.41) is 4.08. The summed E-state index contributed by atoms with van der Waals surface area (Å²) < 4.78 is 0. The second-order valence-corrected chi connectivity index (χ2v) is 4.63. The minimum atomic E-state index is -0.109. The van der Waals surface area contributed by atoms with Gasteiger partial charge in [-0.15, -0.1) is 6.58 Å². The summed E-state index contributed by atoms with van der Waals surface area (Å²) in [6.07, 6.45) is 4.50. The maximum atomic E-state index is 11.8. The molecule has 1 amide bonds. The van der Waals surface area contributed by atoms with Gasteiger partial charge in [-0.25, -0.2) is 0 Å². The molecule has 1 aliphatic heterocycles. The van der Waals surface area contributed by atoms with Gasteiger partial charge < -0.3 is 9.74 Å². The summed E-state index contributed by atoms with van der Waals surface area (Å²) in [6.45, 7) is 6.59. The van der Waals surface area contributed by atoms with Crippen LogP contribution in [0.15, 0.2) is 42.2 Å². The highest BCUT2D eigenvalue weighted by atomic mass is 16.6. The van der Waals surface area contributed by atoms with Crippen molar-refractivity contribution in [1.82, 2.24) is 9.88 Å². The maximum absolute atomic E-state index is 11.8. The highest BCUT2D eigenvalue weighted by molar-refractivity contribution is 5.99. The van der Waals surface area contributed by atoms with Gasteiger partial charge in [0.2, 0.25) is 5.91 Å². The van der Waals surface area contributed by atoms with Crippen LogP contribution in [0.1, 0.15) is 25.5 Å². The highest BCUT2D eigenvalue weighted by Crippen LogP contribution is 2.16. The number of carbonyl (C=O) groups is 1. The van der Waals surface area contributed by atoms with Gasteiger partial charge in [-0.3, -0.25) is 9.78 Å². The van der Waals surface area contributed by atoms with Crippen LogP contribution >= 0.6 is 0 Å². The second-order valence-electron chi connectivity index (χ2n) is 4.63. The fraction of sp³-hybridized carbons (Fsp3) is 0.400. The minimum absolute atomic E-state index is 0.0970. The molecule has 1 aromatic rings. The molecule has 106 valence electrons. The van der Waals surface area contributed by atoms with Crippen molar-refractivity contribution in [2.75, 3.05) is 13.1 Å². The molecule has 0 fully saturated rings. The maximum Gasteiger partial charge on any atom is 0.222 e. The van der Waals surface area contributed by atoms with E-state index >= 15 is 0 Å². The predicted octanol–water partition coefficient (Wildman–Crippen LogP) is 2.00. The van der Waals surface area contributed by atoms with Gasteiger partial charge in [-0.05, 0) is 12.1 Å². The van der Waals surface area contributed by atoms with Crippen LogP contribution in [0.2, 0.25) is 0 Å². The van der Waals surface area contributed by atoms with E-state index in [1.165, 1.54) is 0 Å². The molecule has 0 spiro atoms. The van der Waals surface area contributed by atoms with E-state index in [0.29, 0.717) is 25.9 Å². The Morgan fingerprint density at radius 1 is 1.60 bits per heavy atom.